The summed E-state index contributed by atoms with van der Waals surface area (Å²) in [4.78, 5) is 0. The summed E-state index contributed by atoms with van der Waals surface area (Å²) >= 11 is 11.1. The van der Waals surface area contributed by atoms with E-state index in [1.54, 1.807) is 0 Å². The molecule has 0 unspecified atom stereocenters. The molecule has 2 rings (SSSR count). The normalized spacial score (nSPS) is 21.9. The molecule has 1 aliphatic rings. The number of hydrazone groups is 1. The van der Waals surface area contributed by atoms with Crippen LogP contribution in [0, 0.1) is 11.3 Å². The van der Waals surface area contributed by atoms with Gasteiger partial charge in [0.1, 0.15) is 0 Å². The lowest BCUT2D eigenvalue weighted by atomic mass is 9.72. The second-order valence-electron chi connectivity index (χ2n) is 7.29. The molecule has 2 N–H and O–H groups in total. The van der Waals surface area contributed by atoms with E-state index in [2.05, 4.69) is 36.6 Å². The van der Waals surface area contributed by atoms with Gasteiger partial charge in [0.05, 0.1) is 16.3 Å². The van der Waals surface area contributed by atoms with Crippen molar-refractivity contribution >= 4 is 40.3 Å². The van der Waals surface area contributed by atoms with Gasteiger partial charge in [-0.15, -0.1) is 0 Å². The molecule has 3 nitrogen and oxygen atoms in total. The molecule has 138 valence electrons. The van der Waals surface area contributed by atoms with E-state index in [4.69, 9.17) is 23.8 Å². The summed E-state index contributed by atoms with van der Waals surface area (Å²) in [6.07, 6.45) is -1.57. The van der Waals surface area contributed by atoms with Gasteiger partial charge in [-0.05, 0) is 61.0 Å². The number of halogens is 4. The van der Waals surface area contributed by atoms with Crippen LogP contribution in [-0.4, -0.2) is 10.8 Å². The Labute approximate surface area is 156 Å². The molecule has 1 atom stereocenters. The van der Waals surface area contributed by atoms with E-state index in [0.29, 0.717) is 5.92 Å². The fourth-order valence-corrected chi connectivity index (χ4v) is 3.60. The van der Waals surface area contributed by atoms with Gasteiger partial charge in [0, 0.05) is 5.71 Å². The zero-order valence-corrected chi connectivity index (χ0v) is 15.9. The maximum Gasteiger partial charge on any atom is 0.416 e. The van der Waals surface area contributed by atoms with Crippen molar-refractivity contribution in [2.45, 2.75) is 46.2 Å². The van der Waals surface area contributed by atoms with Crippen molar-refractivity contribution in [3.63, 3.8) is 0 Å². The van der Waals surface area contributed by atoms with Crippen LogP contribution >= 0.6 is 23.8 Å². The van der Waals surface area contributed by atoms with E-state index in [1.807, 2.05) is 0 Å². The van der Waals surface area contributed by atoms with Gasteiger partial charge in [0.15, 0.2) is 5.11 Å². The zero-order valence-electron chi connectivity index (χ0n) is 14.3. The summed E-state index contributed by atoms with van der Waals surface area (Å²) in [5.74, 6) is 0.531. The Morgan fingerprint density at radius 1 is 1.36 bits per heavy atom. The minimum Gasteiger partial charge on any atom is -0.330 e. The first-order valence-corrected chi connectivity index (χ1v) is 8.74. The van der Waals surface area contributed by atoms with Gasteiger partial charge in [-0.1, -0.05) is 32.4 Å². The quantitative estimate of drug-likeness (QED) is 0.490. The third-order valence-electron chi connectivity index (χ3n) is 4.03. The first-order valence-electron chi connectivity index (χ1n) is 7.95. The van der Waals surface area contributed by atoms with E-state index >= 15 is 0 Å². The van der Waals surface area contributed by atoms with Crippen molar-refractivity contribution in [2.75, 3.05) is 5.32 Å². The number of hydrogen-bond acceptors (Lipinski definition) is 2. The van der Waals surface area contributed by atoms with Gasteiger partial charge >= 0.3 is 6.18 Å². The molecule has 0 aliphatic heterocycles. The Kier molecular flexibility index (Phi) is 5.99. The molecule has 8 heteroatoms. The highest BCUT2D eigenvalue weighted by atomic mass is 35.5. The van der Waals surface area contributed by atoms with Crippen molar-refractivity contribution in [1.29, 1.82) is 0 Å². The Bertz CT molecular complexity index is 686. The van der Waals surface area contributed by atoms with E-state index in [1.165, 1.54) is 6.07 Å². The largest absolute Gasteiger partial charge is 0.416 e. The summed E-state index contributed by atoms with van der Waals surface area (Å²) < 4.78 is 38.4. The Balaban J connectivity index is 2.04. The lowest BCUT2D eigenvalue weighted by Crippen LogP contribution is -2.31. The third kappa shape index (κ3) is 5.85. The lowest BCUT2D eigenvalue weighted by Gasteiger charge is -2.34. The molecule has 0 amide bonds. The van der Waals surface area contributed by atoms with Gasteiger partial charge < -0.3 is 5.32 Å². The summed E-state index contributed by atoms with van der Waals surface area (Å²) in [6, 6.07) is 3.04. The molecule has 1 aromatic carbocycles. The molecular formula is C17H21ClF3N3S. The fraction of sp³-hybridized carbons (Fsp3) is 0.529. The first kappa shape index (κ1) is 20.0. The van der Waals surface area contributed by atoms with Crippen LogP contribution in [-0.2, 0) is 6.18 Å². The average molecular weight is 392 g/mol. The molecule has 0 radical (unpaired) electrons. The highest BCUT2D eigenvalue weighted by Crippen LogP contribution is 2.37. The minimum atomic E-state index is -4.44. The van der Waals surface area contributed by atoms with Gasteiger partial charge in [-0.2, -0.15) is 18.3 Å². The van der Waals surface area contributed by atoms with E-state index < -0.39 is 11.7 Å². The van der Waals surface area contributed by atoms with Crippen molar-refractivity contribution in [3.8, 4) is 0 Å². The minimum absolute atomic E-state index is 0.0894. The molecule has 0 heterocycles. The maximum atomic E-state index is 12.8. The molecule has 1 fully saturated rings. The van der Waals surface area contributed by atoms with Crippen LogP contribution in [0.3, 0.4) is 0 Å². The number of thiocarbonyl (C=S) groups is 1. The molecule has 1 aromatic rings. The van der Waals surface area contributed by atoms with Gasteiger partial charge in [0.2, 0.25) is 0 Å². The lowest BCUT2D eigenvalue weighted by molar-refractivity contribution is -0.137. The van der Waals surface area contributed by atoms with Crippen molar-refractivity contribution in [1.82, 2.24) is 5.43 Å². The number of alkyl halides is 3. The number of benzene rings is 1. The summed E-state index contributed by atoms with van der Waals surface area (Å²) in [7, 11) is 0. The monoisotopic (exact) mass is 391 g/mol. The average Bonchev–Trinajstić information content (AvgIpc) is 2.44. The maximum absolute atomic E-state index is 12.8. The molecule has 0 bridgehead atoms. The molecule has 25 heavy (non-hydrogen) atoms. The van der Waals surface area contributed by atoms with Crippen LogP contribution in [0.25, 0.3) is 0 Å². The summed E-state index contributed by atoms with van der Waals surface area (Å²) in [5, 5.41) is 7.25. The molecule has 0 aromatic heterocycles. The second kappa shape index (κ2) is 7.50. The zero-order chi connectivity index (χ0) is 18.8. The number of anilines is 1. The van der Waals surface area contributed by atoms with Crippen molar-refractivity contribution < 1.29 is 13.2 Å². The number of rotatable bonds is 2. The first-order chi connectivity index (χ1) is 11.5. The van der Waals surface area contributed by atoms with E-state index in [9.17, 15) is 13.2 Å². The second-order valence-corrected chi connectivity index (χ2v) is 8.11. The van der Waals surface area contributed by atoms with Crippen LogP contribution in [0.5, 0.6) is 0 Å². The molecular weight excluding hydrogens is 371 g/mol. The van der Waals surface area contributed by atoms with Gasteiger partial charge in [-0.3, -0.25) is 5.43 Å². The molecule has 1 saturated carbocycles. The highest BCUT2D eigenvalue weighted by molar-refractivity contribution is 7.80. The molecule has 1 aliphatic carbocycles. The standard InChI is InChI=1S/C17H21ClF3N3S/c1-10-6-12(9-16(2,3)8-10)23-24-15(25)22-14-7-11(17(19,20)21)4-5-13(14)18/h4-5,7,10H,6,8-9H2,1-3H3,(H2,22,24,25)/b23-12+/t10-/m0/s1. The van der Waals surface area contributed by atoms with Crippen LogP contribution in [0.2, 0.25) is 5.02 Å². The van der Waals surface area contributed by atoms with Gasteiger partial charge in [-0.25, -0.2) is 0 Å². The Morgan fingerprint density at radius 3 is 2.64 bits per heavy atom. The van der Waals surface area contributed by atoms with Crippen LogP contribution in [0.15, 0.2) is 23.3 Å². The van der Waals surface area contributed by atoms with E-state index in [-0.39, 0.29) is 21.2 Å². The summed E-state index contributed by atoms with van der Waals surface area (Å²) in [6.45, 7) is 6.56. The SMILES string of the molecule is C[C@H]1C/C(=N\NC(=S)Nc2cc(C(F)(F)F)ccc2Cl)CC(C)(C)C1. The van der Waals surface area contributed by atoms with Crippen molar-refractivity contribution in [2.24, 2.45) is 16.4 Å². The summed E-state index contributed by atoms with van der Waals surface area (Å²) in [5.41, 5.74) is 3.19. The Hall–Kier alpha value is -1.34. The third-order valence-corrected chi connectivity index (χ3v) is 4.55. The molecule has 0 saturated heterocycles. The smallest absolute Gasteiger partial charge is 0.330 e. The molecule has 0 spiro atoms. The predicted octanol–water partition coefficient (Wildman–Crippen LogP) is 5.85. The van der Waals surface area contributed by atoms with Gasteiger partial charge in [0.25, 0.3) is 0 Å². The van der Waals surface area contributed by atoms with Crippen molar-refractivity contribution in [3.05, 3.63) is 28.8 Å². The van der Waals surface area contributed by atoms with Crippen LogP contribution in [0.4, 0.5) is 18.9 Å². The number of hydrogen-bond donors (Lipinski definition) is 2. The fourth-order valence-electron chi connectivity index (χ4n) is 3.28. The van der Waals surface area contributed by atoms with Crippen LogP contribution < -0.4 is 10.7 Å². The highest BCUT2D eigenvalue weighted by Gasteiger charge is 2.31. The van der Waals surface area contributed by atoms with E-state index in [0.717, 1.165) is 37.1 Å². The van der Waals surface area contributed by atoms with Crippen LogP contribution in [0.1, 0.15) is 45.6 Å². The predicted molar refractivity (Wildman–Crippen MR) is 100 cm³/mol. The Morgan fingerprint density at radius 2 is 2.04 bits per heavy atom. The topological polar surface area (TPSA) is 36.4 Å². The number of nitrogens with zero attached hydrogens (tertiary/aromatic N) is 1. The number of nitrogens with one attached hydrogen (secondary N) is 2.